The van der Waals surface area contributed by atoms with E-state index in [-0.39, 0.29) is 22.4 Å². The minimum absolute atomic E-state index is 0.0229. The monoisotopic (exact) mass is 318 g/mol. The Morgan fingerprint density at radius 3 is 2.95 bits per heavy atom. The number of carbonyl (C=O) groups is 1. The Morgan fingerprint density at radius 2 is 2.30 bits per heavy atom. The van der Waals surface area contributed by atoms with E-state index >= 15 is 0 Å². The summed E-state index contributed by atoms with van der Waals surface area (Å²) in [5.41, 5.74) is 5.67. The molecular formula is C12H18N2O4S2. The highest BCUT2D eigenvalue weighted by Gasteiger charge is 2.35. The van der Waals surface area contributed by atoms with E-state index in [1.54, 1.807) is 5.38 Å². The number of nitrogens with zero attached hydrogens (tertiary/aromatic N) is 1. The third-order valence-corrected chi connectivity index (χ3v) is 6.45. The Bertz CT molecular complexity index is 582. The van der Waals surface area contributed by atoms with E-state index < -0.39 is 16.0 Å². The van der Waals surface area contributed by atoms with Gasteiger partial charge in [0.2, 0.25) is 10.0 Å². The van der Waals surface area contributed by atoms with Crippen molar-refractivity contribution in [3.8, 4) is 0 Å². The van der Waals surface area contributed by atoms with Crippen LogP contribution in [0.2, 0.25) is 0 Å². The van der Waals surface area contributed by atoms with E-state index in [2.05, 4.69) is 4.74 Å². The molecule has 0 spiro atoms. The highest BCUT2D eigenvalue weighted by Crippen LogP contribution is 2.30. The Balaban J connectivity index is 2.39. The van der Waals surface area contributed by atoms with Crippen LogP contribution >= 0.6 is 11.3 Å². The number of sulfonamides is 1. The summed E-state index contributed by atoms with van der Waals surface area (Å²) >= 11 is 1.07. The topological polar surface area (TPSA) is 89.7 Å². The normalized spacial score (nSPS) is 20.8. The molecule has 0 radical (unpaired) electrons. The molecule has 20 heavy (non-hydrogen) atoms. The van der Waals surface area contributed by atoms with Crippen LogP contribution in [0.1, 0.15) is 28.9 Å². The van der Waals surface area contributed by atoms with Crippen LogP contribution in [0.4, 0.5) is 0 Å². The van der Waals surface area contributed by atoms with E-state index in [1.807, 2.05) is 0 Å². The lowest BCUT2D eigenvalue weighted by Gasteiger charge is -2.33. The lowest BCUT2D eigenvalue weighted by molar-refractivity contribution is 0.0602. The van der Waals surface area contributed by atoms with Gasteiger partial charge in [0.05, 0.1) is 7.11 Å². The number of carbonyl (C=O) groups excluding carboxylic acids is 1. The molecule has 1 fully saturated rings. The van der Waals surface area contributed by atoms with Crippen LogP contribution in [0, 0.1) is 0 Å². The number of hydrogen-bond acceptors (Lipinski definition) is 6. The molecule has 0 bridgehead atoms. The first kappa shape index (κ1) is 15.4. The fourth-order valence-corrected chi connectivity index (χ4v) is 5.41. The molecule has 1 unspecified atom stereocenters. The minimum Gasteiger partial charge on any atom is -0.465 e. The quantitative estimate of drug-likeness (QED) is 0.838. The van der Waals surface area contributed by atoms with Gasteiger partial charge < -0.3 is 10.5 Å². The van der Waals surface area contributed by atoms with Gasteiger partial charge in [-0.2, -0.15) is 4.31 Å². The first-order chi connectivity index (χ1) is 9.52. The van der Waals surface area contributed by atoms with Gasteiger partial charge in [-0.15, -0.1) is 11.3 Å². The molecule has 1 saturated heterocycles. The number of nitrogens with two attached hydrogens (primary N) is 1. The Labute approximate surface area is 122 Å². The number of ether oxygens (including phenoxy) is 1. The zero-order valence-electron chi connectivity index (χ0n) is 11.2. The molecule has 1 aliphatic heterocycles. The number of methoxy groups -OCH3 is 1. The van der Waals surface area contributed by atoms with Gasteiger partial charge in [-0.25, -0.2) is 13.2 Å². The van der Waals surface area contributed by atoms with E-state index in [0.29, 0.717) is 6.54 Å². The molecule has 2 heterocycles. The second-order valence-corrected chi connectivity index (χ2v) is 7.38. The van der Waals surface area contributed by atoms with Crippen LogP contribution < -0.4 is 5.73 Å². The van der Waals surface area contributed by atoms with Crippen LogP contribution in [0.5, 0.6) is 0 Å². The van der Waals surface area contributed by atoms with Crippen molar-refractivity contribution in [2.75, 3.05) is 20.2 Å². The Hall–Kier alpha value is -0.960. The maximum atomic E-state index is 12.7. The second kappa shape index (κ2) is 6.21. The van der Waals surface area contributed by atoms with Crippen molar-refractivity contribution in [2.24, 2.45) is 5.73 Å². The predicted molar refractivity (Wildman–Crippen MR) is 76.2 cm³/mol. The highest BCUT2D eigenvalue weighted by molar-refractivity contribution is 7.89. The van der Waals surface area contributed by atoms with Crippen LogP contribution in [0.25, 0.3) is 0 Å². The molecule has 0 aromatic carbocycles. The molecule has 2 N–H and O–H groups in total. The Morgan fingerprint density at radius 1 is 1.55 bits per heavy atom. The van der Waals surface area contributed by atoms with Gasteiger partial charge in [0, 0.05) is 19.1 Å². The molecule has 1 aliphatic rings. The van der Waals surface area contributed by atoms with Crippen LogP contribution in [-0.2, 0) is 14.8 Å². The SMILES string of the molecule is COC(=O)c1sccc1S(=O)(=O)N1CCCCC1CN. The molecular weight excluding hydrogens is 300 g/mol. The summed E-state index contributed by atoms with van der Waals surface area (Å²) in [6.07, 6.45) is 2.54. The van der Waals surface area contributed by atoms with Crippen molar-refractivity contribution in [3.63, 3.8) is 0 Å². The maximum absolute atomic E-state index is 12.7. The fraction of sp³-hybridized carbons (Fsp3) is 0.583. The molecule has 0 saturated carbocycles. The molecule has 0 aliphatic carbocycles. The summed E-state index contributed by atoms with van der Waals surface area (Å²) in [6.45, 7) is 0.734. The van der Waals surface area contributed by atoms with Crippen molar-refractivity contribution < 1.29 is 17.9 Å². The summed E-state index contributed by atoms with van der Waals surface area (Å²) < 4.78 is 31.5. The second-order valence-electron chi connectivity index (χ2n) is 4.61. The Kier molecular flexibility index (Phi) is 4.79. The smallest absolute Gasteiger partial charge is 0.349 e. The van der Waals surface area contributed by atoms with Gasteiger partial charge in [-0.3, -0.25) is 0 Å². The molecule has 1 atom stereocenters. The molecule has 1 aromatic rings. The molecule has 6 nitrogen and oxygen atoms in total. The van der Waals surface area contributed by atoms with E-state index in [0.717, 1.165) is 30.6 Å². The fourth-order valence-electron chi connectivity index (χ4n) is 2.39. The van der Waals surface area contributed by atoms with Gasteiger partial charge >= 0.3 is 5.97 Å². The van der Waals surface area contributed by atoms with E-state index in [9.17, 15) is 13.2 Å². The predicted octanol–water partition coefficient (Wildman–Crippen LogP) is 1.04. The summed E-state index contributed by atoms with van der Waals surface area (Å²) in [5.74, 6) is -0.625. The van der Waals surface area contributed by atoms with Gasteiger partial charge in [0.15, 0.2) is 0 Å². The van der Waals surface area contributed by atoms with Crippen molar-refractivity contribution in [3.05, 3.63) is 16.3 Å². The van der Waals surface area contributed by atoms with Gasteiger partial charge in [-0.1, -0.05) is 6.42 Å². The van der Waals surface area contributed by atoms with E-state index in [4.69, 9.17) is 5.73 Å². The number of hydrogen-bond donors (Lipinski definition) is 1. The first-order valence-corrected chi connectivity index (χ1v) is 8.72. The minimum atomic E-state index is -3.70. The molecule has 2 rings (SSSR count). The zero-order valence-corrected chi connectivity index (χ0v) is 12.9. The zero-order chi connectivity index (χ0) is 14.8. The summed E-state index contributed by atoms with van der Waals surface area (Å²) in [7, 11) is -2.46. The number of piperidine rings is 1. The largest absolute Gasteiger partial charge is 0.465 e. The van der Waals surface area contributed by atoms with Crippen LogP contribution in [0.3, 0.4) is 0 Å². The van der Waals surface area contributed by atoms with Crippen LogP contribution in [-0.4, -0.2) is 44.9 Å². The number of esters is 1. The first-order valence-electron chi connectivity index (χ1n) is 6.40. The van der Waals surface area contributed by atoms with Crippen molar-refractivity contribution in [1.82, 2.24) is 4.31 Å². The van der Waals surface area contributed by atoms with E-state index in [1.165, 1.54) is 17.5 Å². The van der Waals surface area contributed by atoms with Crippen molar-refractivity contribution in [2.45, 2.75) is 30.2 Å². The van der Waals surface area contributed by atoms with Gasteiger partial charge in [-0.05, 0) is 24.3 Å². The lowest BCUT2D eigenvalue weighted by atomic mass is 10.1. The third kappa shape index (κ3) is 2.73. The number of rotatable bonds is 4. The molecule has 0 amide bonds. The molecule has 112 valence electrons. The standard InChI is InChI=1S/C12H18N2O4S2/c1-18-12(15)11-10(5-7-19-11)20(16,17)14-6-3-2-4-9(14)8-13/h5,7,9H,2-4,6,8,13H2,1H3. The van der Waals surface area contributed by atoms with Gasteiger partial charge in [0.1, 0.15) is 9.77 Å². The third-order valence-electron chi connectivity index (χ3n) is 3.43. The van der Waals surface area contributed by atoms with Crippen molar-refractivity contribution in [1.29, 1.82) is 0 Å². The summed E-state index contributed by atoms with van der Waals surface area (Å²) in [4.78, 5) is 11.8. The lowest BCUT2D eigenvalue weighted by Crippen LogP contribution is -2.47. The molecule has 1 aromatic heterocycles. The highest BCUT2D eigenvalue weighted by atomic mass is 32.2. The maximum Gasteiger partial charge on any atom is 0.349 e. The summed E-state index contributed by atoms with van der Waals surface area (Å²) in [5, 5.41) is 1.58. The van der Waals surface area contributed by atoms with Crippen molar-refractivity contribution >= 4 is 27.3 Å². The molecule has 8 heteroatoms. The average Bonchev–Trinajstić information content (AvgIpc) is 2.96. The van der Waals surface area contributed by atoms with Crippen LogP contribution in [0.15, 0.2) is 16.3 Å². The number of thiophene rings is 1. The summed E-state index contributed by atoms with van der Waals surface area (Å²) in [6, 6.07) is 1.26. The van der Waals surface area contributed by atoms with Gasteiger partial charge in [0.25, 0.3) is 0 Å². The average molecular weight is 318 g/mol.